The quantitative estimate of drug-likeness (QED) is 0.654. The van der Waals surface area contributed by atoms with Gasteiger partial charge in [-0.2, -0.15) is 0 Å². The first kappa shape index (κ1) is 23.2. The maximum absolute atomic E-state index is 14.2. The number of benzene rings is 1. The predicted molar refractivity (Wildman–Crippen MR) is 106 cm³/mol. The minimum atomic E-state index is -1.02. The van der Waals surface area contributed by atoms with Gasteiger partial charge in [0, 0.05) is 43.9 Å². The van der Waals surface area contributed by atoms with Gasteiger partial charge in [-0.05, 0) is 24.8 Å². The van der Waals surface area contributed by atoms with Gasteiger partial charge in [0.15, 0.2) is 0 Å². The number of hydrogen-bond donors (Lipinski definition) is 2. The highest BCUT2D eigenvalue weighted by Gasteiger charge is 2.28. The van der Waals surface area contributed by atoms with Crippen molar-refractivity contribution in [2.45, 2.75) is 45.7 Å². The van der Waals surface area contributed by atoms with Crippen LogP contribution >= 0.6 is 0 Å². The van der Waals surface area contributed by atoms with E-state index in [1.165, 1.54) is 12.1 Å². The largest absolute Gasteiger partial charge is 0.480 e. The number of rotatable bonds is 9. The van der Waals surface area contributed by atoms with Crippen LogP contribution in [0.1, 0.15) is 45.2 Å². The molecule has 1 aromatic rings. The van der Waals surface area contributed by atoms with E-state index in [2.05, 4.69) is 10.2 Å². The Kier molecular flexibility index (Phi) is 8.52. The summed E-state index contributed by atoms with van der Waals surface area (Å²) < 4.78 is 27.4. The van der Waals surface area contributed by atoms with Crippen LogP contribution in [-0.4, -0.2) is 65.5 Å². The van der Waals surface area contributed by atoms with Crippen molar-refractivity contribution >= 4 is 11.9 Å². The van der Waals surface area contributed by atoms with Gasteiger partial charge in [0.2, 0.25) is 5.91 Å². The van der Waals surface area contributed by atoms with Crippen molar-refractivity contribution in [3.05, 3.63) is 35.4 Å². The normalized spacial score (nSPS) is 17.9. The molecule has 6 nitrogen and oxygen atoms in total. The third kappa shape index (κ3) is 6.75. The molecule has 1 saturated heterocycles. The highest BCUT2D eigenvalue weighted by atomic mass is 19.1. The minimum Gasteiger partial charge on any atom is -0.480 e. The van der Waals surface area contributed by atoms with Gasteiger partial charge in [-0.3, -0.25) is 14.6 Å². The van der Waals surface area contributed by atoms with Gasteiger partial charge in [-0.25, -0.2) is 13.6 Å². The van der Waals surface area contributed by atoms with Crippen molar-refractivity contribution in [1.29, 1.82) is 0 Å². The first-order chi connectivity index (χ1) is 13.7. The van der Waals surface area contributed by atoms with E-state index < -0.39 is 23.6 Å². The summed E-state index contributed by atoms with van der Waals surface area (Å²) in [6.45, 7) is 8.47. The number of carbonyl (C=O) groups excluding carboxylic acids is 1. The SMILES string of the molecule is CCC(c1ccc(F)cc1F)N1CCN(CC(=O)N[C@@H](CC(C)C)C(=O)O)CC1. The van der Waals surface area contributed by atoms with Crippen molar-refractivity contribution in [3.63, 3.8) is 0 Å². The number of halogens is 2. The fraction of sp³-hybridized carbons (Fsp3) is 0.619. The maximum atomic E-state index is 14.2. The molecular formula is C21H31F2N3O3. The zero-order chi connectivity index (χ0) is 21.6. The van der Waals surface area contributed by atoms with Gasteiger partial charge in [0.1, 0.15) is 17.7 Å². The average Bonchev–Trinajstić information content (AvgIpc) is 2.64. The molecule has 0 aromatic heterocycles. The lowest BCUT2D eigenvalue weighted by atomic mass is 10.0. The molecule has 0 aliphatic carbocycles. The molecule has 0 spiro atoms. The van der Waals surface area contributed by atoms with Crippen molar-refractivity contribution in [2.24, 2.45) is 5.92 Å². The lowest BCUT2D eigenvalue weighted by Crippen LogP contribution is -2.52. The molecule has 2 N–H and O–H groups in total. The van der Waals surface area contributed by atoms with Crippen LogP contribution in [0.15, 0.2) is 18.2 Å². The molecule has 2 rings (SSSR count). The summed E-state index contributed by atoms with van der Waals surface area (Å²) in [7, 11) is 0. The maximum Gasteiger partial charge on any atom is 0.326 e. The Labute approximate surface area is 170 Å². The van der Waals surface area contributed by atoms with Gasteiger partial charge in [-0.1, -0.05) is 26.8 Å². The summed E-state index contributed by atoms with van der Waals surface area (Å²) in [6.07, 6.45) is 1.08. The van der Waals surface area contributed by atoms with E-state index in [-0.39, 0.29) is 24.4 Å². The molecule has 1 fully saturated rings. The third-order valence-electron chi connectivity index (χ3n) is 5.26. The molecule has 0 bridgehead atoms. The average molecular weight is 411 g/mol. The highest BCUT2D eigenvalue weighted by molar-refractivity contribution is 5.84. The molecule has 1 heterocycles. The van der Waals surface area contributed by atoms with Gasteiger partial charge >= 0.3 is 5.97 Å². The van der Waals surface area contributed by atoms with Crippen LogP contribution in [0.2, 0.25) is 0 Å². The smallest absolute Gasteiger partial charge is 0.326 e. The molecule has 1 aromatic carbocycles. The number of amides is 1. The summed E-state index contributed by atoms with van der Waals surface area (Å²) in [6, 6.07) is 2.66. The number of carboxylic acids is 1. The Hall–Kier alpha value is -2.06. The topological polar surface area (TPSA) is 72.9 Å². The molecule has 1 aliphatic rings. The molecule has 29 heavy (non-hydrogen) atoms. The molecule has 1 amide bonds. The summed E-state index contributed by atoms with van der Waals surface area (Å²) in [5.74, 6) is -2.29. The fourth-order valence-electron chi connectivity index (χ4n) is 3.82. The Morgan fingerprint density at radius 2 is 1.83 bits per heavy atom. The molecular weight excluding hydrogens is 380 g/mol. The molecule has 162 valence electrons. The first-order valence-corrected chi connectivity index (χ1v) is 10.1. The van der Waals surface area contributed by atoms with E-state index in [4.69, 9.17) is 0 Å². The van der Waals surface area contributed by atoms with Crippen molar-refractivity contribution in [3.8, 4) is 0 Å². The molecule has 0 saturated carbocycles. The first-order valence-electron chi connectivity index (χ1n) is 10.1. The summed E-state index contributed by atoms with van der Waals surface area (Å²) >= 11 is 0. The van der Waals surface area contributed by atoms with E-state index in [0.717, 1.165) is 6.07 Å². The van der Waals surface area contributed by atoms with Gasteiger partial charge < -0.3 is 10.4 Å². The van der Waals surface area contributed by atoms with Crippen molar-refractivity contribution in [1.82, 2.24) is 15.1 Å². The Morgan fingerprint density at radius 1 is 1.17 bits per heavy atom. The Morgan fingerprint density at radius 3 is 2.34 bits per heavy atom. The Bertz CT molecular complexity index is 706. The van der Waals surface area contributed by atoms with E-state index >= 15 is 0 Å². The van der Waals surface area contributed by atoms with Crippen molar-refractivity contribution < 1.29 is 23.5 Å². The Balaban J connectivity index is 1.89. The second-order valence-electron chi connectivity index (χ2n) is 7.99. The molecule has 1 aliphatic heterocycles. The molecule has 8 heteroatoms. The third-order valence-corrected chi connectivity index (χ3v) is 5.26. The van der Waals surface area contributed by atoms with E-state index in [0.29, 0.717) is 44.6 Å². The second kappa shape index (κ2) is 10.6. The van der Waals surface area contributed by atoms with Crippen molar-refractivity contribution in [2.75, 3.05) is 32.7 Å². The molecule has 0 radical (unpaired) electrons. The monoisotopic (exact) mass is 411 g/mol. The van der Waals surface area contributed by atoms with Crippen LogP contribution in [0, 0.1) is 17.6 Å². The van der Waals surface area contributed by atoms with Gasteiger partial charge in [0.25, 0.3) is 0 Å². The highest BCUT2D eigenvalue weighted by Crippen LogP contribution is 2.28. The number of nitrogens with zero attached hydrogens (tertiary/aromatic N) is 2. The van der Waals surface area contributed by atoms with Crippen LogP contribution in [0.3, 0.4) is 0 Å². The van der Waals surface area contributed by atoms with Crippen LogP contribution in [-0.2, 0) is 9.59 Å². The van der Waals surface area contributed by atoms with Gasteiger partial charge in [-0.15, -0.1) is 0 Å². The molecule has 1 unspecified atom stereocenters. The lowest BCUT2D eigenvalue weighted by Gasteiger charge is -2.39. The zero-order valence-corrected chi connectivity index (χ0v) is 17.3. The number of aliphatic carboxylic acids is 1. The standard InChI is InChI=1S/C21H31F2N3O3/c1-4-19(16-6-5-15(22)12-17(16)23)26-9-7-25(8-10-26)13-20(27)24-18(21(28)29)11-14(2)3/h5-6,12,14,18-19H,4,7-11,13H2,1-3H3,(H,24,27)(H,28,29)/t18-,19?/m0/s1. The van der Waals surface area contributed by atoms with Crippen LogP contribution in [0.4, 0.5) is 8.78 Å². The number of hydrogen-bond acceptors (Lipinski definition) is 4. The minimum absolute atomic E-state index is 0.136. The van der Waals surface area contributed by atoms with Crippen LogP contribution in [0.5, 0.6) is 0 Å². The summed E-state index contributed by atoms with van der Waals surface area (Å²) in [5, 5.41) is 11.9. The number of nitrogens with one attached hydrogen (secondary N) is 1. The zero-order valence-electron chi connectivity index (χ0n) is 17.3. The predicted octanol–water partition coefficient (Wildman–Crippen LogP) is 2.65. The van der Waals surface area contributed by atoms with E-state index in [9.17, 15) is 23.5 Å². The van der Waals surface area contributed by atoms with Crippen LogP contribution in [0.25, 0.3) is 0 Å². The fourth-order valence-corrected chi connectivity index (χ4v) is 3.82. The summed E-state index contributed by atoms with van der Waals surface area (Å²) in [5.41, 5.74) is 0.484. The van der Waals surface area contributed by atoms with E-state index in [1.54, 1.807) is 0 Å². The molecule has 2 atom stereocenters. The number of carboxylic acid groups (broad SMARTS) is 1. The van der Waals surface area contributed by atoms with E-state index in [1.807, 2.05) is 25.7 Å². The second-order valence-corrected chi connectivity index (χ2v) is 7.99. The van der Waals surface area contributed by atoms with Crippen LogP contribution < -0.4 is 5.32 Å². The summed E-state index contributed by atoms with van der Waals surface area (Å²) in [4.78, 5) is 27.7. The number of carbonyl (C=O) groups is 2. The van der Waals surface area contributed by atoms with Gasteiger partial charge in [0.05, 0.1) is 6.54 Å². The number of piperazine rings is 1. The lowest BCUT2D eigenvalue weighted by molar-refractivity contribution is -0.142.